The molecule has 1 atom stereocenters. The monoisotopic (exact) mass is 467 g/mol. The summed E-state index contributed by atoms with van der Waals surface area (Å²) in [5.74, 6) is -2.93. The molecule has 0 spiro atoms. The number of esters is 1. The summed E-state index contributed by atoms with van der Waals surface area (Å²) in [5.41, 5.74) is -0.491. The second-order valence-corrected chi connectivity index (χ2v) is 7.11. The second kappa shape index (κ2) is 10.3. The van der Waals surface area contributed by atoms with Crippen LogP contribution in [-0.4, -0.2) is 51.0 Å². The van der Waals surface area contributed by atoms with Crippen LogP contribution >= 0.6 is 0 Å². The fourth-order valence-corrected chi connectivity index (χ4v) is 3.11. The average molecular weight is 467 g/mol. The minimum atomic E-state index is -1.38. The number of aromatic nitrogens is 2. The highest BCUT2D eigenvalue weighted by molar-refractivity contribution is 5.97. The van der Waals surface area contributed by atoms with E-state index in [0.29, 0.717) is 17.1 Å². The maximum absolute atomic E-state index is 12.8. The molecule has 0 radical (unpaired) electrons. The molecule has 3 aromatic rings. The Hall–Kier alpha value is -4.67. The lowest BCUT2D eigenvalue weighted by Crippen LogP contribution is -2.43. The molecule has 2 aromatic carbocycles. The van der Waals surface area contributed by atoms with Gasteiger partial charge in [0.15, 0.2) is 11.4 Å². The number of carboxylic acid groups (broad SMARTS) is 1. The smallest absolute Gasteiger partial charge is 0.326 e. The van der Waals surface area contributed by atoms with Crippen molar-refractivity contribution in [1.29, 1.82) is 0 Å². The van der Waals surface area contributed by atoms with Gasteiger partial charge in [0, 0.05) is 19.4 Å². The Morgan fingerprint density at radius 2 is 1.79 bits per heavy atom. The Labute approximate surface area is 193 Å². The SMILES string of the molecule is COc1ccccc1-n1nc(C(=O)NC(Cc2ccc(OC(C)=O)cc2)C(=O)O)c(O)cc1=O. The molecule has 0 aliphatic carbocycles. The number of methoxy groups -OCH3 is 1. The van der Waals surface area contributed by atoms with Gasteiger partial charge in [-0.15, -0.1) is 0 Å². The largest absolute Gasteiger partial charge is 0.505 e. The molecule has 34 heavy (non-hydrogen) atoms. The predicted octanol–water partition coefficient (Wildman–Crippen LogP) is 1.30. The van der Waals surface area contributed by atoms with Crippen LogP contribution in [0.1, 0.15) is 23.0 Å². The molecule has 1 unspecified atom stereocenters. The van der Waals surface area contributed by atoms with Crippen molar-refractivity contribution in [2.75, 3.05) is 7.11 Å². The molecule has 0 fully saturated rings. The number of aromatic hydroxyl groups is 1. The number of ether oxygens (including phenoxy) is 2. The molecule has 0 bridgehead atoms. The Balaban J connectivity index is 1.86. The third-order valence-corrected chi connectivity index (χ3v) is 4.67. The van der Waals surface area contributed by atoms with Gasteiger partial charge >= 0.3 is 11.9 Å². The predicted molar refractivity (Wildman–Crippen MR) is 118 cm³/mol. The van der Waals surface area contributed by atoms with Crippen molar-refractivity contribution in [2.45, 2.75) is 19.4 Å². The van der Waals surface area contributed by atoms with Crippen molar-refractivity contribution in [1.82, 2.24) is 15.1 Å². The Morgan fingerprint density at radius 3 is 2.41 bits per heavy atom. The van der Waals surface area contributed by atoms with Crippen LogP contribution in [-0.2, 0) is 16.0 Å². The topological polar surface area (TPSA) is 157 Å². The standard InChI is InChI=1S/C23H21N3O8/c1-13(27)34-15-9-7-14(8-10-15)11-16(23(31)32)24-22(30)21-18(28)12-20(29)26(25-21)17-5-3-4-6-19(17)33-2/h3-10,12,16,28H,11H2,1-2H3,(H,24,30)(H,31,32). The first-order valence-corrected chi connectivity index (χ1v) is 9.97. The number of carboxylic acids is 1. The molecule has 0 saturated heterocycles. The van der Waals surface area contributed by atoms with Gasteiger partial charge in [0.2, 0.25) is 0 Å². The van der Waals surface area contributed by atoms with E-state index < -0.39 is 40.9 Å². The van der Waals surface area contributed by atoms with Crippen LogP contribution in [0.3, 0.4) is 0 Å². The third-order valence-electron chi connectivity index (χ3n) is 4.67. The Morgan fingerprint density at radius 1 is 1.12 bits per heavy atom. The lowest BCUT2D eigenvalue weighted by Gasteiger charge is -2.16. The number of aliphatic carboxylic acids is 1. The first kappa shape index (κ1) is 24.0. The minimum Gasteiger partial charge on any atom is -0.505 e. The van der Waals surface area contributed by atoms with E-state index in [1.807, 2.05) is 0 Å². The first-order chi connectivity index (χ1) is 16.2. The van der Waals surface area contributed by atoms with Crippen molar-refractivity contribution < 1.29 is 34.1 Å². The molecule has 0 aliphatic rings. The summed E-state index contributed by atoms with van der Waals surface area (Å²) in [7, 11) is 1.40. The summed E-state index contributed by atoms with van der Waals surface area (Å²) in [6.45, 7) is 1.25. The van der Waals surface area contributed by atoms with Gasteiger partial charge in [0.25, 0.3) is 11.5 Å². The minimum absolute atomic E-state index is 0.103. The quantitative estimate of drug-likeness (QED) is 0.328. The molecular weight excluding hydrogens is 446 g/mol. The molecule has 0 saturated carbocycles. The fraction of sp³-hybridized carbons (Fsp3) is 0.174. The highest BCUT2D eigenvalue weighted by Gasteiger charge is 2.25. The van der Waals surface area contributed by atoms with Crippen LogP contribution in [0.5, 0.6) is 17.2 Å². The number of rotatable bonds is 8. The van der Waals surface area contributed by atoms with Gasteiger partial charge in [0.05, 0.1) is 7.11 Å². The van der Waals surface area contributed by atoms with Crippen LogP contribution < -0.4 is 20.3 Å². The zero-order chi connectivity index (χ0) is 24.8. The van der Waals surface area contributed by atoms with Gasteiger partial charge in [-0.1, -0.05) is 24.3 Å². The zero-order valence-electron chi connectivity index (χ0n) is 18.2. The molecule has 0 aliphatic heterocycles. The highest BCUT2D eigenvalue weighted by atomic mass is 16.5. The molecule has 11 nitrogen and oxygen atoms in total. The summed E-state index contributed by atoms with van der Waals surface area (Å²) in [4.78, 5) is 47.9. The van der Waals surface area contributed by atoms with E-state index >= 15 is 0 Å². The van der Waals surface area contributed by atoms with E-state index in [4.69, 9.17) is 9.47 Å². The zero-order valence-corrected chi connectivity index (χ0v) is 18.2. The molecule has 3 N–H and O–H groups in total. The number of para-hydroxylation sites is 2. The normalized spacial score (nSPS) is 11.4. The van der Waals surface area contributed by atoms with Crippen molar-refractivity contribution in [3.63, 3.8) is 0 Å². The second-order valence-electron chi connectivity index (χ2n) is 7.11. The average Bonchev–Trinajstić information content (AvgIpc) is 2.79. The molecule has 1 amide bonds. The van der Waals surface area contributed by atoms with Crippen molar-refractivity contribution >= 4 is 17.8 Å². The van der Waals surface area contributed by atoms with E-state index in [1.165, 1.54) is 32.2 Å². The molecule has 176 valence electrons. The summed E-state index contributed by atoms with van der Waals surface area (Å²) < 4.78 is 11.0. The molecular formula is C23H21N3O8. The molecule has 11 heteroatoms. The summed E-state index contributed by atoms with van der Waals surface area (Å²) >= 11 is 0. The van der Waals surface area contributed by atoms with Crippen LogP contribution in [0.25, 0.3) is 5.69 Å². The molecule has 1 aromatic heterocycles. The fourth-order valence-electron chi connectivity index (χ4n) is 3.11. The number of carbonyl (C=O) groups is 3. The summed E-state index contributed by atoms with van der Waals surface area (Å²) in [6, 6.07) is 12.0. The summed E-state index contributed by atoms with van der Waals surface area (Å²) in [5, 5.41) is 26.0. The Bertz CT molecular complexity index is 1280. The lowest BCUT2D eigenvalue weighted by atomic mass is 10.1. The molecule has 3 rings (SSSR count). The van der Waals surface area contributed by atoms with Crippen molar-refractivity contribution in [3.8, 4) is 22.9 Å². The molecule has 1 heterocycles. The van der Waals surface area contributed by atoms with Crippen molar-refractivity contribution in [2.24, 2.45) is 0 Å². The van der Waals surface area contributed by atoms with Crippen LogP contribution in [0.4, 0.5) is 0 Å². The van der Waals surface area contributed by atoms with Gasteiger partial charge in [0.1, 0.15) is 23.2 Å². The first-order valence-electron chi connectivity index (χ1n) is 9.97. The maximum atomic E-state index is 12.8. The van der Waals surface area contributed by atoms with E-state index in [2.05, 4.69) is 10.4 Å². The van der Waals surface area contributed by atoms with E-state index in [1.54, 1.807) is 30.3 Å². The van der Waals surface area contributed by atoms with Gasteiger partial charge in [-0.05, 0) is 29.8 Å². The lowest BCUT2D eigenvalue weighted by molar-refractivity contribution is -0.139. The number of benzene rings is 2. The summed E-state index contributed by atoms with van der Waals surface area (Å²) in [6.07, 6.45) is -0.103. The van der Waals surface area contributed by atoms with E-state index in [0.717, 1.165) is 10.7 Å². The van der Waals surface area contributed by atoms with Gasteiger partial charge in [-0.3, -0.25) is 14.4 Å². The van der Waals surface area contributed by atoms with Gasteiger partial charge in [-0.25, -0.2) is 4.79 Å². The third kappa shape index (κ3) is 5.57. The number of hydrogen-bond donors (Lipinski definition) is 3. The number of nitrogens with zero attached hydrogens (tertiary/aromatic N) is 2. The van der Waals surface area contributed by atoms with Gasteiger partial charge in [-0.2, -0.15) is 9.78 Å². The number of amides is 1. The van der Waals surface area contributed by atoms with Crippen LogP contribution in [0, 0.1) is 0 Å². The van der Waals surface area contributed by atoms with Crippen LogP contribution in [0.15, 0.2) is 59.4 Å². The van der Waals surface area contributed by atoms with Crippen LogP contribution in [0.2, 0.25) is 0 Å². The maximum Gasteiger partial charge on any atom is 0.326 e. The number of hydrogen-bond acceptors (Lipinski definition) is 8. The van der Waals surface area contributed by atoms with Gasteiger partial charge < -0.3 is 25.0 Å². The van der Waals surface area contributed by atoms with E-state index in [9.17, 15) is 29.4 Å². The Kier molecular flexibility index (Phi) is 7.26. The number of nitrogens with one attached hydrogen (secondary N) is 1. The van der Waals surface area contributed by atoms with E-state index in [-0.39, 0.29) is 12.1 Å². The number of carbonyl (C=O) groups excluding carboxylic acids is 2. The highest BCUT2D eigenvalue weighted by Crippen LogP contribution is 2.21. The van der Waals surface area contributed by atoms with Crippen molar-refractivity contribution in [3.05, 3.63) is 76.2 Å².